The first-order valence-corrected chi connectivity index (χ1v) is 14.3. The highest BCUT2D eigenvalue weighted by Gasteiger charge is 2.58. The minimum absolute atomic E-state index is 0.210. The molecule has 0 aromatic heterocycles. The quantitative estimate of drug-likeness (QED) is 0.327. The summed E-state index contributed by atoms with van der Waals surface area (Å²) in [7, 11) is 0. The Morgan fingerprint density at radius 3 is 2.30 bits per heavy atom. The fourth-order valence-corrected chi connectivity index (χ4v) is 6.23. The van der Waals surface area contributed by atoms with Gasteiger partial charge in [0, 0.05) is 30.4 Å². The standard InChI is InChI=1S/C32H41N3O5/c1-5-34(6-2)24-16-14-23(15-17-24)33-30(37)29-26-18-13-21(4)27(32(39)40-7-3)28(26)31(38)35(29)25(20-36)19-22-11-9-8-10-12-22/h8-18,21,25-29,36H,5-7,19-20H2,1-4H3,(H,33,37)/t21-,25-,26+,27-,28+,29+/m1/s1. The van der Waals surface area contributed by atoms with Crippen LogP contribution in [0.1, 0.15) is 33.3 Å². The Morgan fingerprint density at radius 1 is 1.02 bits per heavy atom. The maximum absolute atomic E-state index is 14.1. The summed E-state index contributed by atoms with van der Waals surface area (Å²) in [4.78, 5) is 44.9. The number of rotatable bonds is 11. The van der Waals surface area contributed by atoms with E-state index in [-0.39, 0.29) is 30.9 Å². The molecule has 1 fully saturated rings. The first-order valence-electron chi connectivity index (χ1n) is 14.3. The summed E-state index contributed by atoms with van der Waals surface area (Å²) in [6, 6.07) is 15.7. The van der Waals surface area contributed by atoms with Crippen molar-refractivity contribution >= 4 is 29.2 Å². The molecule has 8 heteroatoms. The van der Waals surface area contributed by atoms with Gasteiger partial charge in [-0.05, 0) is 62.9 Å². The van der Waals surface area contributed by atoms with Crippen LogP contribution >= 0.6 is 0 Å². The number of anilines is 2. The molecule has 1 aliphatic heterocycles. The molecule has 2 aliphatic rings. The van der Waals surface area contributed by atoms with Gasteiger partial charge < -0.3 is 25.0 Å². The van der Waals surface area contributed by atoms with Crippen LogP contribution in [0.3, 0.4) is 0 Å². The molecule has 0 spiro atoms. The Balaban J connectivity index is 1.68. The number of nitrogens with zero attached hydrogens (tertiary/aromatic N) is 2. The lowest BCUT2D eigenvalue weighted by molar-refractivity contribution is -0.155. The Morgan fingerprint density at radius 2 is 1.70 bits per heavy atom. The SMILES string of the molecule is CCOC(=O)[C@H]1[C@H]2C(=O)N([C@@H](CO)Cc3ccccc3)[C@H](C(=O)Nc3ccc(N(CC)CC)cc3)[C@H]2C=C[C@H]1C. The molecular weight excluding hydrogens is 506 g/mol. The van der Waals surface area contributed by atoms with Crippen molar-refractivity contribution in [3.63, 3.8) is 0 Å². The summed E-state index contributed by atoms with van der Waals surface area (Å²) in [6.45, 7) is 9.47. The molecule has 1 aliphatic carbocycles. The topological polar surface area (TPSA) is 99.2 Å². The number of nitrogens with one attached hydrogen (secondary N) is 1. The highest BCUT2D eigenvalue weighted by molar-refractivity contribution is 6.01. The summed E-state index contributed by atoms with van der Waals surface area (Å²) < 4.78 is 5.37. The monoisotopic (exact) mass is 547 g/mol. The maximum atomic E-state index is 14.1. The molecule has 0 unspecified atom stereocenters. The van der Waals surface area contributed by atoms with Crippen LogP contribution in [0.4, 0.5) is 11.4 Å². The van der Waals surface area contributed by atoms with Crippen molar-refractivity contribution < 1.29 is 24.2 Å². The van der Waals surface area contributed by atoms with Gasteiger partial charge in [-0.2, -0.15) is 0 Å². The molecule has 2 N–H and O–H groups in total. The average Bonchev–Trinajstić information content (AvgIpc) is 3.25. The fraction of sp³-hybridized carbons (Fsp3) is 0.469. The highest BCUT2D eigenvalue weighted by atomic mass is 16.5. The molecule has 2 amide bonds. The molecule has 2 aromatic rings. The van der Waals surface area contributed by atoms with Crippen molar-refractivity contribution in [2.75, 3.05) is 36.5 Å². The van der Waals surface area contributed by atoms with Gasteiger partial charge >= 0.3 is 5.97 Å². The van der Waals surface area contributed by atoms with Gasteiger partial charge in [-0.25, -0.2) is 0 Å². The number of ether oxygens (including phenoxy) is 1. The predicted molar refractivity (Wildman–Crippen MR) is 156 cm³/mol. The maximum Gasteiger partial charge on any atom is 0.310 e. The summed E-state index contributed by atoms with van der Waals surface area (Å²) in [5.74, 6) is -3.27. The molecule has 0 saturated carbocycles. The largest absolute Gasteiger partial charge is 0.466 e. The summed E-state index contributed by atoms with van der Waals surface area (Å²) in [5.41, 5.74) is 2.63. The highest BCUT2D eigenvalue weighted by Crippen LogP contribution is 2.45. The van der Waals surface area contributed by atoms with Crippen molar-refractivity contribution in [3.8, 4) is 0 Å². The van der Waals surface area contributed by atoms with Crippen LogP contribution in [0, 0.1) is 23.7 Å². The molecular formula is C32H41N3O5. The number of hydrogen-bond donors (Lipinski definition) is 2. The van der Waals surface area contributed by atoms with Gasteiger partial charge in [-0.3, -0.25) is 14.4 Å². The van der Waals surface area contributed by atoms with Gasteiger partial charge in [0.15, 0.2) is 0 Å². The molecule has 4 rings (SSSR count). The van der Waals surface area contributed by atoms with E-state index in [0.717, 1.165) is 24.3 Å². The second-order valence-corrected chi connectivity index (χ2v) is 10.5. The lowest BCUT2D eigenvalue weighted by Gasteiger charge is -2.33. The number of aliphatic hydroxyl groups is 1. The predicted octanol–water partition coefficient (Wildman–Crippen LogP) is 3.90. The third kappa shape index (κ3) is 5.92. The number of esters is 1. The zero-order chi connectivity index (χ0) is 28.8. The van der Waals surface area contributed by atoms with Gasteiger partial charge in [0.1, 0.15) is 6.04 Å². The molecule has 1 heterocycles. The lowest BCUT2D eigenvalue weighted by Crippen LogP contribution is -2.51. The molecule has 0 bridgehead atoms. The first kappa shape index (κ1) is 29.3. The van der Waals surface area contributed by atoms with Crippen LogP contribution in [0.15, 0.2) is 66.7 Å². The summed E-state index contributed by atoms with van der Waals surface area (Å²) in [5, 5.41) is 13.5. The number of likely N-dealkylation sites (tertiary alicyclic amines) is 1. The van der Waals surface area contributed by atoms with E-state index < -0.39 is 35.8 Å². The van der Waals surface area contributed by atoms with E-state index in [9.17, 15) is 19.5 Å². The molecule has 1 saturated heterocycles. The number of amides is 2. The number of aliphatic hydroxyl groups excluding tert-OH is 1. The third-order valence-electron chi connectivity index (χ3n) is 8.22. The summed E-state index contributed by atoms with van der Waals surface area (Å²) >= 11 is 0. The molecule has 6 atom stereocenters. The van der Waals surface area contributed by atoms with Crippen LogP contribution in [-0.4, -0.2) is 66.2 Å². The minimum atomic E-state index is -0.888. The van der Waals surface area contributed by atoms with E-state index in [1.54, 1.807) is 6.92 Å². The number of benzene rings is 2. The van der Waals surface area contributed by atoms with E-state index in [0.29, 0.717) is 12.1 Å². The Bertz CT molecular complexity index is 1190. The van der Waals surface area contributed by atoms with Gasteiger partial charge in [0.2, 0.25) is 11.8 Å². The van der Waals surface area contributed by atoms with Crippen LogP contribution in [0.25, 0.3) is 0 Å². The zero-order valence-corrected chi connectivity index (χ0v) is 23.8. The molecule has 214 valence electrons. The van der Waals surface area contributed by atoms with Gasteiger partial charge in [0.05, 0.1) is 31.1 Å². The minimum Gasteiger partial charge on any atom is -0.466 e. The van der Waals surface area contributed by atoms with Crippen molar-refractivity contribution in [2.24, 2.45) is 23.7 Å². The molecule has 40 heavy (non-hydrogen) atoms. The first-order chi connectivity index (χ1) is 19.3. The van der Waals surface area contributed by atoms with E-state index in [1.807, 2.05) is 73.7 Å². The molecule has 2 aromatic carbocycles. The van der Waals surface area contributed by atoms with Crippen LogP contribution in [-0.2, 0) is 25.5 Å². The average molecular weight is 548 g/mol. The van der Waals surface area contributed by atoms with E-state index >= 15 is 0 Å². The summed E-state index contributed by atoms with van der Waals surface area (Å²) in [6.07, 6.45) is 4.19. The second kappa shape index (κ2) is 13.1. The smallest absolute Gasteiger partial charge is 0.310 e. The van der Waals surface area contributed by atoms with Crippen molar-refractivity contribution in [1.29, 1.82) is 0 Å². The fourth-order valence-electron chi connectivity index (χ4n) is 6.23. The Labute approximate surface area is 237 Å². The van der Waals surface area contributed by atoms with E-state index in [1.165, 1.54) is 4.90 Å². The number of fused-ring (bicyclic) bond motifs is 1. The van der Waals surface area contributed by atoms with E-state index in [4.69, 9.17) is 4.74 Å². The number of carbonyl (C=O) groups is 3. The van der Waals surface area contributed by atoms with Gasteiger partial charge in [-0.1, -0.05) is 49.4 Å². The van der Waals surface area contributed by atoms with Crippen LogP contribution < -0.4 is 10.2 Å². The number of carbonyl (C=O) groups excluding carboxylic acids is 3. The Kier molecular flexibility index (Phi) is 9.63. The van der Waals surface area contributed by atoms with Crippen LogP contribution in [0.2, 0.25) is 0 Å². The van der Waals surface area contributed by atoms with Gasteiger partial charge in [0.25, 0.3) is 0 Å². The van der Waals surface area contributed by atoms with Crippen molar-refractivity contribution in [2.45, 2.75) is 46.2 Å². The molecule has 8 nitrogen and oxygen atoms in total. The normalized spacial score (nSPS) is 24.4. The lowest BCUT2D eigenvalue weighted by atomic mass is 9.70. The van der Waals surface area contributed by atoms with Gasteiger partial charge in [-0.15, -0.1) is 0 Å². The molecule has 0 radical (unpaired) electrons. The van der Waals surface area contributed by atoms with Crippen LogP contribution in [0.5, 0.6) is 0 Å². The third-order valence-corrected chi connectivity index (χ3v) is 8.22. The zero-order valence-electron chi connectivity index (χ0n) is 23.8. The Hall–Kier alpha value is -3.65. The number of allylic oxidation sites excluding steroid dienone is 1. The number of hydrogen-bond acceptors (Lipinski definition) is 6. The van der Waals surface area contributed by atoms with E-state index in [2.05, 4.69) is 24.1 Å². The van der Waals surface area contributed by atoms with Crippen molar-refractivity contribution in [1.82, 2.24) is 4.90 Å². The second-order valence-electron chi connectivity index (χ2n) is 10.5. The van der Waals surface area contributed by atoms with Crippen molar-refractivity contribution in [3.05, 3.63) is 72.3 Å².